The molecule has 1 atom stereocenters. The lowest BCUT2D eigenvalue weighted by atomic mass is 10.3. The molecule has 1 unspecified atom stereocenters. The number of ether oxygens (including phenoxy) is 1. The second-order valence-electron chi connectivity index (χ2n) is 2.91. The third-order valence-corrected chi connectivity index (χ3v) is 1.71. The molecule has 4 heteroatoms. The zero-order valence-corrected chi connectivity index (χ0v) is 7.64. The molecular formula is C9H14N2O2. The number of pyridine rings is 1. The zero-order chi connectivity index (χ0) is 9.68. The number of hydrogen-bond donors (Lipinski definition) is 1. The van der Waals surface area contributed by atoms with E-state index in [1.54, 1.807) is 30.0 Å². The summed E-state index contributed by atoms with van der Waals surface area (Å²) in [7, 11) is 1.59. The summed E-state index contributed by atoms with van der Waals surface area (Å²) in [6, 6.07) is 4.89. The highest BCUT2D eigenvalue weighted by Gasteiger charge is 2.02. The molecule has 72 valence electrons. The number of methoxy groups -OCH3 is 1. The van der Waals surface area contributed by atoms with Crippen LogP contribution in [0.1, 0.15) is 0 Å². The lowest BCUT2D eigenvalue weighted by Gasteiger charge is -2.11. The van der Waals surface area contributed by atoms with Gasteiger partial charge < -0.3 is 15.0 Å². The fourth-order valence-corrected chi connectivity index (χ4v) is 1.13. The van der Waals surface area contributed by atoms with E-state index in [1.165, 1.54) is 6.07 Å². The number of rotatable bonds is 4. The Morgan fingerprint density at radius 3 is 3.00 bits per heavy atom. The molecule has 0 aliphatic heterocycles. The standard InChI is InChI=1S/C9H14N2O2/c1-13-7-8(10)6-11-5-3-2-4-9(11)12/h2-5,8H,6-7,10H2,1H3. The molecule has 2 N–H and O–H groups in total. The number of nitrogens with zero attached hydrogens (tertiary/aromatic N) is 1. The Morgan fingerprint density at radius 1 is 1.62 bits per heavy atom. The molecule has 1 aromatic heterocycles. The van der Waals surface area contributed by atoms with Crippen LogP contribution in [0.2, 0.25) is 0 Å². The van der Waals surface area contributed by atoms with Gasteiger partial charge in [-0.2, -0.15) is 0 Å². The van der Waals surface area contributed by atoms with Crippen molar-refractivity contribution in [2.24, 2.45) is 5.73 Å². The second kappa shape index (κ2) is 4.79. The fraction of sp³-hybridized carbons (Fsp3) is 0.444. The minimum absolute atomic E-state index is 0.0333. The molecule has 0 aliphatic carbocycles. The Bertz CT molecular complexity index is 308. The molecule has 0 saturated heterocycles. The molecule has 0 amide bonds. The van der Waals surface area contributed by atoms with Gasteiger partial charge in [0.1, 0.15) is 0 Å². The quantitative estimate of drug-likeness (QED) is 0.703. The first kappa shape index (κ1) is 9.95. The van der Waals surface area contributed by atoms with Crippen LogP contribution < -0.4 is 11.3 Å². The largest absolute Gasteiger partial charge is 0.383 e. The molecular weight excluding hydrogens is 168 g/mol. The maximum atomic E-state index is 11.2. The number of hydrogen-bond acceptors (Lipinski definition) is 3. The number of nitrogens with two attached hydrogens (primary N) is 1. The lowest BCUT2D eigenvalue weighted by Crippen LogP contribution is -2.34. The Labute approximate surface area is 76.9 Å². The first-order valence-corrected chi connectivity index (χ1v) is 4.14. The van der Waals surface area contributed by atoms with Crippen LogP contribution in [-0.2, 0) is 11.3 Å². The summed E-state index contributed by atoms with van der Waals surface area (Å²) in [4.78, 5) is 11.2. The smallest absolute Gasteiger partial charge is 0.250 e. The predicted octanol–water partition coefficient (Wildman–Crippen LogP) is -0.178. The minimum Gasteiger partial charge on any atom is -0.383 e. The van der Waals surface area contributed by atoms with Crippen molar-refractivity contribution in [3.8, 4) is 0 Å². The second-order valence-corrected chi connectivity index (χ2v) is 2.91. The highest BCUT2D eigenvalue weighted by atomic mass is 16.5. The van der Waals surface area contributed by atoms with E-state index in [0.29, 0.717) is 13.2 Å². The summed E-state index contributed by atoms with van der Waals surface area (Å²) in [6.07, 6.45) is 1.72. The van der Waals surface area contributed by atoms with Gasteiger partial charge in [-0.1, -0.05) is 6.07 Å². The molecule has 0 fully saturated rings. The van der Waals surface area contributed by atoms with Crippen LogP contribution in [0.15, 0.2) is 29.2 Å². The molecule has 0 spiro atoms. The summed E-state index contributed by atoms with van der Waals surface area (Å²) >= 11 is 0. The van der Waals surface area contributed by atoms with Gasteiger partial charge in [0, 0.05) is 32.0 Å². The predicted molar refractivity (Wildman–Crippen MR) is 50.6 cm³/mol. The maximum absolute atomic E-state index is 11.2. The highest BCUT2D eigenvalue weighted by Crippen LogP contribution is 1.87. The molecule has 0 bridgehead atoms. The maximum Gasteiger partial charge on any atom is 0.250 e. The van der Waals surface area contributed by atoms with Crippen LogP contribution in [-0.4, -0.2) is 24.3 Å². The average Bonchev–Trinajstić information content (AvgIpc) is 2.09. The van der Waals surface area contributed by atoms with E-state index >= 15 is 0 Å². The first-order valence-electron chi connectivity index (χ1n) is 4.14. The van der Waals surface area contributed by atoms with Crippen molar-refractivity contribution >= 4 is 0 Å². The van der Waals surface area contributed by atoms with Crippen molar-refractivity contribution < 1.29 is 4.74 Å². The van der Waals surface area contributed by atoms with Gasteiger partial charge in [-0.05, 0) is 6.07 Å². The topological polar surface area (TPSA) is 57.2 Å². The molecule has 0 radical (unpaired) electrons. The van der Waals surface area contributed by atoms with E-state index in [4.69, 9.17) is 10.5 Å². The zero-order valence-electron chi connectivity index (χ0n) is 7.64. The Hall–Kier alpha value is -1.13. The van der Waals surface area contributed by atoms with E-state index in [2.05, 4.69) is 0 Å². The molecule has 0 aromatic carbocycles. The van der Waals surface area contributed by atoms with E-state index in [0.717, 1.165) is 0 Å². The lowest BCUT2D eigenvalue weighted by molar-refractivity contribution is 0.173. The van der Waals surface area contributed by atoms with Crippen LogP contribution in [0.3, 0.4) is 0 Å². The van der Waals surface area contributed by atoms with E-state index < -0.39 is 0 Å². The molecule has 1 heterocycles. The van der Waals surface area contributed by atoms with Crippen molar-refractivity contribution in [3.05, 3.63) is 34.7 Å². The first-order chi connectivity index (χ1) is 6.24. The Morgan fingerprint density at radius 2 is 2.38 bits per heavy atom. The Kier molecular flexibility index (Phi) is 3.67. The van der Waals surface area contributed by atoms with Gasteiger partial charge in [0.05, 0.1) is 6.61 Å². The molecule has 13 heavy (non-hydrogen) atoms. The van der Waals surface area contributed by atoms with E-state index in [1.807, 2.05) is 0 Å². The molecule has 1 rings (SSSR count). The summed E-state index contributed by atoms with van der Waals surface area (Å²) in [5.74, 6) is 0. The van der Waals surface area contributed by atoms with Gasteiger partial charge in [-0.15, -0.1) is 0 Å². The van der Waals surface area contributed by atoms with Crippen LogP contribution in [0.4, 0.5) is 0 Å². The molecule has 4 nitrogen and oxygen atoms in total. The minimum atomic E-state index is -0.134. The van der Waals surface area contributed by atoms with Crippen molar-refractivity contribution in [2.75, 3.05) is 13.7 Å². The average molecular weight is 182 g/mol. The van der Waals surface area contributed by atoms with Crippen molar-refractivity contribution in [3.63, 3.8) is 0 Å². The van der Waals surface area contributed by atoms with Crippen molar-refractivity contribution in [1.82, 2.24) is 4.57 Å². The highest BCUT2D eigenvalue weighted by molar-refractivity contribution is 4.93. The summed E-state index contributed by atoms with van der Waals surface area (Å²) in [5.41, 5.74) is 5.67. The third kappa shape index (κ3) is 3.01. The van der Waals surface area contributed by atoms with E-state index in [9.17, 15) is 4.79 Å². The SMILES string of the molecule is COCC(N)Cn1ccccc1=O. The van der Waals surface area contributed by atoms with Gasteiger partial charge in [-0.3, -0.25) is 4.79 Å². The third-order valence-electron chi connectivity index (χ3n) is 1.71. The van der Waals surface area contributed by atoms with Crippen LogP contribution in [0, 0.1) is 0 Å². The van der Waals surface area contributed by atoms with Crippen LogP contribution >= 0.6 is 0 Å². The number of aromatic nitrogens is 1. The molecule has 0 saturated carbocycles. The molecule has 1 aromatic rings. The fourth-order valence-electron chi connectivity index (χ4n) is 1.13. The summed E-state index contributed by atoms with van der Waals surface area (Å²) in [5, 5.41) is 0. The molecule has 0 aliphatic rings. The van der Waals surface area contributed by atoms with Gasteiger partial charge in [-0.25, -0.2) is 0 Å². The van der Waals surface area contributed by atoms with Gasteiger partial charge in [0.2, 0.25) is 0 Å². The van der Waals surface area contributed by atoms with Gasteiger partial charge >= 0.3 is 0 Å². The van der Waals surface area contributed by atoms with Gasteiger partial charge in [0.25, 0.3) is 5.56 Å². The van der Waals surface area contributed by atoms with Crippen molar-refractivity contribution in [2.45, 2.75) is 12.6 Å². The van der Waals surface area contributed by atoms with Crippen LogP contribution in [0.5, 0.6) is 0 Å². The van der Waals surface area contributed by atoms with E-state index in [-0.39, 0.29) is 11.6 Å². The Balaban J connectivity index is 2.63. The van der Waals surface area contributed by atoms with Gasteiger partial charge in [0.15, 0.2) is 0 Å². The summed E-state index contributed by atoms with van der Waals surface area (Å²) < 4.78 is 6.45. The summed E-state index contributed by atoms with van der Waals surface area (Å²) in [6.45, 7) is 0.953. The normalized spacial score (nSPS) is 12.8. The monoisotopic (exact) mass is 182 g/mol. The van der Waals surface area contributed by atoms with Crippen molar-refractivity contribution in [1.29, 1.82) is 0 Å². The van der Waals surface area contributed by atoms with Crippen LogP contribution in [0.25, 0.3) is 0 Å².